The Morgan fingerprint density at radius 3 is 2.94 bits per heavy atom. The van der Waals surface area contributed by atoms with E-state index in [1.165, 1.54) is 25.7 Å². The highest BCUT2D eigenvalue weighted by molar-refractivity contribution is 6.33. The number of nitrogens with one attached hydrogen (secondary N) is 1. The maximum atomic E-state index is 12.2. The van der Waals surface area contributed by atoms with E-state index in [1.807, 2.05) is 0 Å². The molecule has 5 heteroatoms. The molecule has 0 radical (unpaired) electrons. The largest absolute Gasteiger partial charge is 0.307 e. The van der Waals surface area contributed by atoms with Gasteiger partial charge in [-0.25, -0.2) is 0 Å². The van der Waals surface area contributed by atoms with Crippen LogP contribution in [0.2, 0.25) is 5.02 Å². The molecule has 0 saturated heterocycles. The zero-order chi connectivity index (χ0) is 13.0. The molecule has 0 atom stereocenters. The molecule has 100 valence electrons. The van der Waals surface area contributed by atoms with E-state index in [-0.39, 0.29) is 5.78 Å². The Hall–Kier alpha value is -0.870. The van der Waals surface area contributed by atoms with Gasteiger partial charge in [-0.15, -0.1) is 0 Å². The standard InChI is InChI=1S/C13H20ClN3O/c1-2-7-17-13(11(14)8-16-17)12(18)9-15-10-5-3-4-6-10/h8,10,15H,2-7,9H2,1H3. The summed E-state index contributed by atoms with van der Waals surface area (Å²) in [4.78, 5) is 12.2. The van der Waals surface area contributed by atoms with Gasteiger partial charge in [-0.2, -0.15) is 5.10 Å². The second-order valence-electron chi connectivity index (χ2n) is 4.85. The molecule has 1 aliphatic carbocycles. The molecule has 0 aliphatic heterocycles. The molecule has 1 fully saturated rings. The summed E-state index contributed by atoms with van der Waals surface area (Å²) >= 11 is 6.04. The Morgan fingerprint density at radius 2 is 2.28 bits per heavy atom. The third-order valence-corrected chi connectivity index (χ3v) is 3.68. The average molecular weight is 270 g/mol. The number of halogens is 1. The first kappa shape index (κ1) is 13.6. The number of hydrogen-bond donors (Lipinski definition) is 1. The van der Waals surface area contributed by atoms with Crippen molar-refractivity contribution in [1.29, 1.82) is 0 Å². The Labute approximate surface area is 113 Å². The fraction of sp³-hybridized carbons (Fsp3) is 0.692. The highest BCUT2D eigenvalue weighted by Gasteiger charge is 2.20. The van der Waals surface area contributed by atoms with Gasteiger partial charge < -0.3 is 5.32 Å². The van der Waals surface area contributed by atoms with E-state index in [0.717, 1.165) is 13.0 Å². The van der Waals surface area contributed by atoms with Crippen LogP contribution < -0.4 is 5.32 Å². The van der Waals surface area contributed by atoms with Crippen LogP contribution in [0.15, 0.2) is 6.20 Å². The Balaban J connectivity index is 1.96. The minimum Gasteiger partial charge on any atom is -0.307 e. The van der Waals surface area contributed by atoms with E-state index >= 15 is 0 Å². The summed E-state index contributed by atoms with van der Waals surface area (Å²) in [6.07, 6.45) is 7.37. The van der Waals surface area contributed by atoms with Crippen LogP contribution in [0.1, 0.15) is 49.5 Å². The lowest BCUT2D eigenvalue weighted by Crippen LogP contribution is -2.32. The van der Waals surface area contributed by atoms with Gasteiger partial charge in [0.2, 0.25) is 0 Å². The van der Waals surface area contributed by atoms with Gasteiger partial charge in [0.15, 0.2) is 5.78 Å². The molecule has 0 bridgehead atoms. The monoisotopic (exact) mass is 269 g/mol. The molecule has 1 N–H and O–H groups in total. The molecule has 0 unspecified atom stereocenters. The molecule has 2 rings (SSSR count). The fourth-order valence-electron chi connectivity index (χ4n) is 2.47. The van der Waals surface area contributed by atoms with Gasteiger partial charge in [-0.05, 0) is 19.3 Å². The van der Waals surface area contributed by atoms with Gasteiger partial charge in [0.05, 0.1) is 17.8 Å². The minimum absolute atomic E-state index is 0.0397. The molecule has 1 aliphatic rings. The smallest absolute Gasteiger partial charge is 0.196 e. The van der Waals surface area contributed by atoms with Gasteiger partial charge >= 0.3 is 0 Å². The average Bonchev–Trinajstić information content (AvgIpc) is 2.97. The number of ketones is 1. The van der Waals surface area contributed by atoms with Crippen LogP contribution in [0.3, 0.4) is 0 Å². The highest BCUT2D eigenvalue weighted by atomic mass is 35.5. The topological polar surface area (TPSA) is 46.9 Å². The van der Waals surface area contributed by atoms with E-state index in [4.69, 9.17) is 11.6 Å². The lowest BCUT2D eigenvalue weighted by atomic mass is 10.2. The van der Waals surface area contributed by atoms with Crippen LogP contribution in [0.25, 0.3) is 0 Å². The lowest BCUT2D eigenvalue weighted by molar-refractivity contribution is 0.0977. The Kier molecular flexibility index (Phi) is 4.78. The van der Waals surface area contributed by atoms with Crippen molar-refractivity contribution in [1.82, 2.24) is 15.1 Å². The number of hydrogen-bond acceptors (Lipinski definition) is 3. The summed E-state index contributed by atoms with van der Waals surface area (Å²) in [6.45, 7) is 3.15. The van der Waals surface area contributed by atoms with Gasteiger partial charge in [0.25, 0.3) is 0 Å². The maximum absolute atomic E-state index is 12.2. The van der Waals surface area contributed by atoms with E-state index < -0.39 is 0 Å². The number of carbonyl (C=O) groups is 1. The van der Waals surface area contributed by atoms with Crippen LogP contribution in [-0.2, 0) is 6.54 Å². The maximum Gasteiger partial charge on any atom is 0.196 e. The molecular weight excluding hydrogens is 250 g/mol. The third kappa shape index (κ3) is 3.12. The molecule has 4 nitrogen and oxygen atoms in total. The van der Waals surface area contributed by atoms with Gasteiger partial charge in [-0.1, -0.05) is 31.4 Å². The predicted molar refractivity (Wildman–Crippen MR) is 72.1 cm³/mol. The van der Waals surface area contributed by atoms with Crippen LogP contribution in [0.5, 0.6) is 0 Å². The molecule has 0 amide bonds. The fourth-order valence-corrected chi connectivity index (χ4v) is 2.72. The van der Waals surface area contributed by atoms with Crippen LogP contribution in [0, 0.1) is 0 Å². The van der Waals surface area contributed by atoms with Gasteiger partial charge in [0.1, 0.15) is 5.69 Å². The van der Waals surface area contributed by atoms with Crippen LogP contribution in [-0.4, -0.2) is 28.2 Å². The van der Waals surface area contributed by atoms with Crippen molar-refractivity contribution < 1.29 is 4.79 Å². The molecule has 1 aromatic heterocycles. The number of aromatic nitrogens is 2. The van der Waals surface area contributed by atoms with Crippen LogP contribution in [0.4, 0.5) is 0 Å². The zero-order valence-electron chi connectivity index (χ0n) is 10.8. The Morgan fingerprint density at radius 1 is 1.56 bits per heavy atom. The lowest BCUT2D eigenvalue weighted by Gasteiger charge is -2.11. The molecule has 1 saturated carbocycles. The number of rotatable bonds is 6. The summed E-state index contributed by atoms with van der Waals surface area (Å²) in [5.41, 5.74) is 0.545. The summed E-state index contributed by atoms with van der Waals surface area (Å²) in [6, 6.07) is 0.496. The first-order valence-electron chi connectivity index (χ1n) is 6.70. The summed E-state index contributed by atoms with van der Waals surface area (Å²) in [5, 5.41) is 7.92. The third-order valence-electron chi connectivity index (χ3n) is 3.40. The van der Waals surface area contributed by atoms with E-state index in [0.29, 0.717) is 23.3 Å². The molecule has 1 heterocycles. The van der Waals surface area contributed by atoms with Gasteiger partial charge in [0, 0.05) is 12.6 Å². The quantitative estimate of drug-likeness (QED) is 0.808. The van der Waals surface area contributed by atoms with Crippen molar-refractivity contribution in [2.24, 2.45) is 0 Å². The number of Topliss-reactive ketones (excluding diaryl/α,β-unsaturated/α-hetero) is 1. The van der Waals surface area contributed by atoms with E-state index in [9.17, 15) is 4.79 Å². The van der Waals surface area contributed by atoms with Crippen molar-refractivity contribution >= 4 is 17.4 Å². The molecule has 1 aromatic rings. The first-order valence-corrected chi connectivity index (χ1v) is 7.08. The number of carbonyl (C=O) groups excluding carboxylic acids is 1. The van der Waals surface area contributed by atoms with Gasteiger partial charge in [-0.3, -0.25) is 9.48 Å². The van der Waals surface area contributed by atoms with Crippen molar-refractivity contribution in [3.63, 3.8) is 0 Å². The summed E-state index contributed by atoms with van der Waals surface area (Å²) in [5.74, 6) is 0.0397. The van der Waals surface area contributed by atoms with Crippen molar-refractivity contribution in [3.05, 3.63) is 16.9 Å². The molecule has 18 heavy (non-hydrogen) atoms. The second kappa shape index (κ2) is 6.34. The van der Waals surface area contributed by atoms with Crippen molar-refractivity contribution in [2.45, 2.75) is 51.6 Å². The van der Waals surface area contributed by atoms with Crippen LogP contribution >= 0.6 is 11.6 Å². The Bertz CT molecular complexity index is 410. The molecule has 0 spiro atoms. The zero-order valence-corrected chi connectivity index (χ0v) is 11.5. The SMILES string of the molecule is CCCn1ncc(Cl)c1C(=O)CNC1CCCC1. The normalized spacial score (nSPS) is 16.3. The minimum atomic E-state index is 0.0397. The van der Waals surface area contributed by atoms with Crippen molar-refractivity contribution in [3.8, 4) is 0 Å². The van der Waals surface area contributed by atoms with Crippen molar-refractivity contribution in [2.75, 3.05) is 6.54 Å². The highest BCUT2D eigenvalue weighted by Crippen LogP contribution is 2.19. The predicted octanol–water partition coefficient (Wildman–Crippen LogP) is 2.66. The number of aryl methyl sites for hydroxylation is 1. The first-order chi connectivity index (χ1) is 8.72. The van der Waals surface area contributed by atoms with E-state index in [1.54, 1.807) is 10.9 Å². The molecular formula is C13H20ClN3O. The number of nitrogens with zero attached hydrogens (tertiary/aromatic N) is 2. The van der Waals surface area contributed by atoms with E-state index in [2.05, 4.69) is 17.3 Å². The summed E-state index contributed by atoms with van der Waals surface area (Å²) < 4.78 is 1.71. The second-order valence-corrected chi connectivity index (χ2v) is 5.26. The molecule has 0 aromatic carbocycles. The summed E-state index contributed by atoms with van der Waals surface area (Å²) in [7, 11) is 0.